The second-order valence-electron chi connectivity index (χ2n) is 5.70. The Hall–Kier alpha value is -2.47. The van der Waals surface area contributed by atoms with E-state index in [0.717, 1.165) is 18.4 Å². The molecule has 1 aliphatic heterocycles. The van der Waals surface area contributed by atoms with Crippen molar-refractivity contribution in [1.29, 1.82) is 0 Å². The van der Waals surface area contributed by atoms with Crippen LogP contribution in [0, 0.1) is 0 Å². The first kappa shape index (κ1) is 16.4. The van der Waals surface area contributed by atoms with Crippen molar-refractivity contribution in [3.05, 3.63) is 58.6 Å². The van der Waals surface area contributed by atoms with E-state index >= 15 is 0 Å². The van der Waals surface area contributed by atoms with Gasteiger partial charge in [-0.15, -0.1) is 0 Å². The topological polar surface area (TPSA) is 62.3 Å². The lowest BCUT2D eigenvalue weighted by molar-refractivity contribution is -0.126. The molecular weight excluding hydrogens is 322 g/mol. The van der Waals surface area contributed by atoms with E-state index in [2.05, 4.69) is 10.3 Å². The largest absolute Gasteiger partial charge is 0.349 e. The molecule has 1 aliphatic rings. The molecule has 2 aromatic rings. The maximum absolute atomic E-state index is 12.2. The summed E-state index contributed by atoms with van der Waals surface area (Å²) in [4.78, 5) is 30.0. The SMILES string of the molecule is O=C(NC1CCN(C(=O)/C=C/c2ccncc2)CC1)c1ccsc1. The Kier molecular flexibility index (Phi) is 5.38. The zero-order valence-electron chi connectivity index (χ0n) is 13.2. The molecule has 0 atom stereocenters. The number of aromatic nitrogens is 1. The van der Waals surface area contributed by atoms with Gasteiger partial charge in [0.25, 0.3) is 5.91 Å². The molecule has 0 bridgehead atoms. The Morgan fingerprint density at radius 2 is 1.96 bits per heavy atom. The second-order valence-corrected chi connectivity index (χ2v) is 6.48. The molecule has 0 unspecified atom stereocenters. The third-order valence-corrected chi connectivity index (χ3v) is 4.73. The zero-order chi connectivity index (χ0) is 16.8. The fraction of sp³-hybridized carbons (Fsp3) is 0.278. The minimum Gasteiger partial charge on any atom is -0.349 e. The molecule has 0 saturated carbocycles. The summed E-state index contributed by atoms with van der Waals surface area (Å²) in [6.45, 7) is 1.32. The number of pyridine rings is 1. The van der Waals surface area contributed by atoms with Gasteiger partial charge in [0.1, 0.15) is 0 Å². The molecule has 0 aromatic carbocycles. The summed E-state index contributed by atoms with van der Waals surface area (Å²) < 4.78 is 0. The molecule has 3 rings (SSSR count). The van der Waals surface area contributed by atoms with Crippen LogP contribution in [0.1, 0.15) is 28.8 Å². The summed E-state index contributed by atoms with van der Waals surface area (Å²) in [6, 6.07) is 5.67. The number of amides is 2. The van der Waals surface area contributed by atoms with Crippen molar-refractivity contribution in [2.45, 2.75) is 18.9 Å². The van der Waals surface area contributed by atoms with Crippen LogP contribution in [0.4, 0.5) is 0 Å². The van der Waals surface area contributed by atoms with Gasteiger partial charge in [-0.05, 0) is 48.1 Å². The molecule has 2 amide bonds. The summed E-state index contributed by atoms with van der Waals surface area (Å²) in [6.07, 6.45) is 8.36. The van der Waals surface area contributed by atoms with Crippen molar-refractivity contribution < 1.29 is 9.59 Å². The highest BCUT2D eigenvalue weighted by Crippen LogP contribution is 2.13. The van der Waals surface area contributed by atoms with Gasteiger partial charge in [0, 0.05) is 48.5 Å². The van der Waals surface area contributed by atoms with Gasteiger partial charge in [-0.1, -0.05) is 0 Å². The van der Waals surface area contributed by atoms with Gasteiger partial charge < -0.3 is 10.2 Å². The van der Waals surface area contributed by atoms with Gasteiger partial charge in [0.15, 0.2) is 0 Å². The molecule has 0 spiro atoms. The molecule has 1 saturated heterocycles. The lowest BCUT2D eigenvalue weighted by Crippen LogP contribution is -2.46. The molecule has 0 aliphatic carbocycles. The first-order chi connectivity index (χ1) is 11.7. The highest BCUT2D eigenvalue weighted by atomic mass is 32.1. The quantitative estimate of drug-likeness (QED) is 0.870. The van der Waals surface area contributed by atoms with E-state index in [-0.39, 0.29) is 17.9 Å². The number of rotatable bonds is 4. The van der Waals surface area contributed by atoms with Crippen molar-refractivity contribution in [3.63, 3.8) is 0 Å². The Morgan fingerprint density at radius 1 is 1.21 bits per heavy atom. The fourth-order valence-corrected chi connectivity index (χ4v) is 3.29. The lowest BCUT2D eigenvalue weighted by atomic mass is 10.0. The van der Waals surface area contributed by atoms with Gasteiger partial charge in [-0.3, -0.25) is 14.6 Å². The van der Waals surface area contributed by atoms with Crippen molar-refractivity contribution in [2.24, 2.45) is 0 Å². The van der Waals surface area contributed by atoms with Crippen molar-refractivity contribution in [1.82, 2.24) is 15.2 Å². The van der Waals surface area contributed by atoms with Crippen LogP contribution in [-0.4, -0.2) is 40.8 Å². The number of nitrogens with one attached hydrogen (secondary N) is 1. The molecular formula is C18H19N3O2S. The van der Waals surface area contributed by atoms with E-state index in [1.165, 1.54) is 11.3 Å². The Morgan fingerprint density at radius 3 is 2.62 bits per heavy atom. The number of thiophene rings is 1. The Labute approximate surface area is 145 Å². The van der Waals surface area contributed by atoms with E-state index < -0.39 is 0 Å². The van der Waals surface area contributed by atoms with Gasteiger partial charge in [-0.25, -0.2) is 0 Å². The first-order valence-electron chi connectivity index (χ1n) is 7.92. The molecule has 124 valence electrons. The number of carbonyl (C=O) groups excluding carboxylic acids is 2. The highest BCUT2D eigenvalue weighted by Gasteiger charge is 2.23. The van der Waals surface area contributed by atoms with E-state index in [1.807, 2.05) is 33.9 Å². The summed E-state index contributed by atoms with van der Waals surface area (Å²) in [5, 5.41) is 6.78. The summed E-state index contributed by atoms with van der Waals surface area (Å²) in [5.41, 5.74) is 1.66. The predicted octanol–water partition coefficient (Wildman–Crippen LogP) is 2.58. The van der Waals surface area contributed by atoms with Gasteiger partial charge >= 0.3 is 0 Å². The monoisotopic (exact) mass is 341 g/mol. The lowest BCUT2D eigenvalue weighted by Gasteiger charge is -2.31. The van der Waals surface area contributed by atoms with E-state index in [9.17, 15) is 9.59 Å². The van der Waals surface area contributed by atoms with Crippen molar-refractivity contribution in [3.8, 4) is 0 Å². The minimum absolute atomic E-state index is 0.00873. The van der Waals surface area contributed by atoms with Crippen LogP contribution in [0.25, 0.3) is 6.08 Å². The third-order valence-electron chi connectivity index (χ3n) is 4.05. The maximum atomic E-state index is 12.2. The Bertz CT molecular complexity index is 705. The van der Waals surface area contributed by atoms with Crippen LogP contribution in [-0.2, 0) is 4.79 Å². The van der Waals surface area contributed by atoms with Crippen LogP contribution >= 0.6 is 11.3 Å². The normalized spacial score (nSPS) is 15.6. The van der Waals surface area contributed by atoms with Gasteiger partial charge in [0.05, 0.1) is 0 Å². The molecule has 24 heavy (non-hydrogen) atoms. The first-order valence-corrected chi connectivity index (χ1v) is 8.87. The zero-order valence-corrected chi connectivity index (χ0v) is 14.0. The molecule has 1 N–H and O–H groups in total. The average molecular weight is 341 g/mol. The molecule has 0 radical (unpaired) electrons. The van der Waals surface area contributed by atoms with Crippen molar-refractivity contribution >= 4 is 29.2 Å². The Balaban J connectivity index is 1.47. The van der Waals surface area contributed by atoms with E-state index in [4.69, 9.17) is 0 Å². The molecule has 5 nitrogen and oxygen atoms in total. The summed E-state index contributed by atoms with van der Waals surface area (Å²) in [5.74, 6) is -0.0203. The third kappa shape index (κ3) is 4.29. The molecule has 2 aromatic heterocycles. The number of carbonyl (C=O) groups is 2. The van der Waals surface area contributed by atoms with Crippen LogP contribution in [0.5, 0.6) is 0 Å². The van der Waals surface area contributed by atoms with Crippen LogP contribution in [0.15, 0.2) is 47.4 Å². The molecule has 6 heteroatoms. The average Bonchev–Trinajstić information content (AvgIpc) is 3.16. The maximum Gasteiger partial charge on any atom is 0.252 e. The fourth-order valence-electron chi connectivity index (χ4n) is 2.65. The highest BCUT2D eigenvalue weighted by molar-refractivity contribution is 7.08. The van der Waals surface area contributed by atoms with E-state index in [1.54, 1.807) is 24.5 Å². The summed E-state index contributed by atoms with van der Waals surface area (Å²) >= 11 is 1.51. The number of likely N-dealkylation sites (tertiary alicyclic amines) is 1. The number of hydrogen-bond acceptors (Lipinski definition) is 4. The smallest absolute Gasteiger partial charge is 0.252 e. The molecule has 3 heterocycles. The minimum atomic E-state index is -0.0291. The van der Waals surface area contributed by atoms with Crippen LogP contribution < -0.4 is 5.32 Å². The van der Waals surface area contributed by atoms with Crippen molar-refractivity contribution in [2.75, 3.05) is 13.1 Å². The molecule has 1 fully saturated rings. The predicted molar refractivity (Wildman–Crippen MR) is 94.7 cm³/mol. The van der Waals surface area contributed by atoms with Crippen LogP contribution in [0.2, 0.25) is 0 Å². The summed E-state index contributed by atoms with van der Waals surface area (Å²) in [7, 11) is 0. The van der Waals surface area contributed by atoms with E-state index in [0.29, 0.717) is 18.7 Å². The second kappa shape index (κ2) is 7.88. The number of piperidine rings is 1. The van der Waals surface area contributed by atoms with Gasteiger partial charge in [0.2, 0.25) is 5.91 Å². The van der Waals surface area contributed by atoms with Crippen LogP contribution in [0.3, 0.4) is 0 Å². The number of nitrogens with zero attached hydrogens (tertiary/aromatic N) is 2. The standard InChI is InChI=1S/C18H19N3O2S/c22-17(2-1-14-3-8-19-9-4-14)21-10-5-16(6-11-21)20-18(23)15-7-12-24-13-15/h1-4,7-9,12-13,16H,5-6,10-11H2,(H,20,23)/b2-1+. The number of hydrogen-bond donors (Lipinski definition) is 1. The van der Waals surface area contributed by atoms with Gasteiger partial charge in [-0.2, -0.15) is 11.3 Å².